The topological polar surface area (TPSA) is 68.8 Å². The molecule has 28 heavy (non-hydrogen) atoms. The number of ether oxygens (including phenoxy) is 3. The number of hydrogen-bond donors (Lipinski definition) is 2. The van der Waals surface area contributed by atoms with Crippen LogP contribution in [0.3, 0.4) is 0 Å². The van der Waals surface area contributed by atoms with Gasteiger partial charge in [0.25, 0.3) is 0 Å². The quantitative estimate of drug-likeness (QED) is 0.371. The average molecular weight is 421 g/mol. The van der Waals surface area contributed by atoms with Gasteiger partial charge in [0, 0.05) is 11.4 Å². The first kappa shape index (κ1) is 21.7. The van der Waals surface area contributed by atoms with Crippen LogP contribution < -0.4 is 20.1 Å². The molecule has 0 saturated heterocycles. The molecule has 0 aliphatic rings. The van der Waals surface area contributed by atoms with E-state index in [1.165, 1.54) is 11.3 Å². The third-order valence-corrected chi connectivity index (χ3v) is 5.07. The molecule has 0 atom stereocenters. The molecule has 0 radical (unpaired) electrons. The zero-order valence-electron chi connectivity index (χ0n) is 16.4. The van der Waals surface area contributed by atoms with Gasteiger partial charge < -0.3 is 24.8 Å². The second kappa shape index (κ2) is 10.1. The molecule has 1 aromatic carbocycles. The van der Waals surface area contributed by atoms with E-state index in [9.17, 15) is 4.79 Å². The largest absolute Gasteiger partial charge is 0.493 e. The van der Waals surface area contributed by atoms with Crippen molar-refractivity contribution < 1.29 is 19.0 Å². The summed E-state index contributed by atoms with van der Waals surface area (Å²) in [6.07, 6.45) is 0. The van der Waals surface area contributed by atoms with E-state index in [0.717, 1.165) is 16.0 Å². The van der Waals surface area contributed by atoms with Crippen LogP contribution in [0.5, 0.6) is 11.5 Å². The molecule has 0 aliphatic carbocycles. The summed E-state index contributed by atoms with van der Waals surface area (Å²) in [5.74, 6) is 0.848. The van der Waals surface area contributed by atoms with Crippen molar-refractivity contribution in [3.05, 3.63) is 41.3 Å². The lowest BCUT2D eigenvalue weighted by Crippen LogP contribution is -2.30. The Morgan fingerprint density at radius 1 is 1.21 bits per heavy atom. The molecule has 8 heteroatoms. The lowest BCUT2D eigenvalue weighted by atomic mass is 10.1. The van der Waals surface area contributed by atoms with E-state index in [1.807, 2.05) is 31.2 Å². The van der Waals surface area contributed by atoms with Crippen LogP contribution in [0.15, 0.2) is 36.4 Å². The van der Waals surface area contributed by atoms with Gasteiger partial charge in [0.05, 0.1) is 26.5 Å². The molecule has 0 saturated carbocycles. The highest BCUT2D eigenvalue weighted by Gasteiger charge is 2.20. The van der Waals surface area contributed by atoms with Crippen molar-refractivity contribution >= 4 is 40.3 Å². The van der Waals surface area contributed by atoms with Crippen molar-refractivity contribution in [1.29, 1.82) is 0 Å². The zero-order valence-corrected chi connectivity index (χ0v) is 18.0. The summed E-state index contributed by atoms with van der Waals surface area (Å²) in [7, 11) is 3.17. The maximum atomic E-state index is 12.4. The Morgan fingerprint density at radius 2 is 1.93 bits per heavy atom. The second-order valence-electron chi connectivity index (χ2n) is 5.91. The molecule has 0 fully saturated rings. The minimum atomic E-state index is -0.399. The summed E-state index contributed by atoms with van der Waals surface area (Å²) in [6.45, 7) is 8.35. The molecule has 2 aromatic rings. The fourth-order valence-electron chi connectivity index (χ4n) is 2.36. The first-order valence-corrected chi connectivity index (χ1v) is 9.84. The van der Waals surface area contributed by atoms with E-state index in [0.29, 0.717) is 40.3 Å². The number of benzene rings is 1. The van der Waals surface area contributed by atoms with Crippen molar-refractivity contribution in [2.75, 3.05) is 32.7 Å². The fourth-order valence-corrected chi connectivity index (χ4v) is 3.55. The molecular formula is C20H24N2O4S2. The third-order valence-electron chi connectivity index (χ3n) is 3.66. The first-order valence-electron chi connectivity index (χ1n) is 8.62. The van der Waals surface area contributed by atoms with Crippen molar-refractivity contribution in [1.82, 2.24) is 5.32 Å². The standard InChI is InChI=1S/C20H24N2O4S2/c1-6-26-19(23)18-14(22-20(27)21-11-12(2)3)10-17(28-18)13-7-8-15(24-4)16(9-13)25-5/h7-10H,2,6,11H2,1,3-5H3,(H2,21,22,27). The van der Waals surface area contributed by atoms with Gasteiger partial charge >= 0.3 is 5.97 Å². The molecular weight excluding hydrogens is 396 g/mol. The van der Waals surface area contributed by atoms with Crippen LogP contribution in [0.1, 0.15) is 23.5 Å². The molecule has 1 aromatic heterocycles. The van der Waals surface area contributed by atoms with Crippen molar-refractivity contribution in [3.8, 4) is 21.9 Å². The zero-order chi connectivity index (χ0) is 20.7. The molecule has 2 rings (SSSR count). The number of carbonyl (C=O) groups is 1. The molecule has 0 aliphatic heterocycles. The van der Waals surface area contributed by atoms with Crippen molar-refractivity contribution in [2.24, 2.45) is 0 Å². The van der Waals surface area contributed by atoms with E-state index in [1.54, 1.807) is 21.1 Å². The van der Waals surface area contributed by atoms with Gasteiger partial charge in [0.2, 0.25) is 0 Å². The Bertz CT molecular complexity index is 877. The number of hydrogen-bond acceptors (Lipinski definition) is 6. The fraction of sp³-hybridized carbons (Fsp3) is 0.300. The van der Waals surface area contributed by atoms with Crippen LogP contribution in [0.25, 0.3) is 10.4 Å². The SMILES string of the molecule is C=C(C)CNC(=S)Nc1cc(-c2ccc(OC)c(OC)c2)sc1C(=O)OCC. The highest BCUT2D eigenvalue weighted by molar-refractivity contribution is 7.80. The number of rotatable bonds is 8. The van der Waals surface area contributed by atoms with Crippen molar-refractivity contribution in [2.45, 2.75) is 13.8 Å². The summed E-state index contributed by atoms with van der Waals surface area (Å²) < 4.78 is 15.8. The van der Waals surface area contributed by atoms with Crippen molar-refractivity contribution in [3.63, 3.8) is 0 Å². The number of anilines is 1. The minimum Gasteiger partial charge on any atom is -0.493 e. The second-order valence-corrected chi connectivity index (χ2v) is 7.37. The van der Waals surface area contributed by atoms with E-state index >= 15 is 0 Å². The van der Waals surface area contributed by atoms with Crippen LogP contribution in [0, 0.1) is 0 Å². The van der Waals surface area contributed by atoms with Crippen LogP contribution in [-0.2, 0) is 4.74 Å². The maximum absolute atomic E-state index is 12.4. The summed E-state index contributed by atoms with van der Waals surface area (Å²) in [4.78, 5) is 13.7. The van der Waals surface area contributed by atoms with Crippen LogP contribution in [0.2, 0.25) is 0 Å². The Hall–Kier alpha value is -2.58. The lowest BCUT2D eigenvalue weighted by molar-refractivity contribution is 0.0533. The Balaban J connectivity index is 2.37. The Labute approximate surface area is 174 Å². The van der Waals surface area contributed by atoms with Crippen LogP contribution in [-0.4, -0.2) is 38.5 Å². The van der Waals surface area contributed by atoms with Gasteiger partial charge in [0.1, 0.15) is 4.88 Å². The summed E-state index contributed by atoms with van der Waals surface area (Å²) in [6, 6.07) is 7.46. The molecule has 0 spiro atoms. The van der Waals surface area contributed by atoms with E-state index < -0.39 is 5.97 Å². The van der Waals surface area contributed by atoms with Gasteiger partial charge in [-0.2, -0.15) is 0 Å². The smallest absolute Gasteiger partial charge is 0.350 e. The van der Waals surface area contributed by atoms with Gasteiger partial charge in [-0.1, -0.05) is 12.2 Å². The summed E-state index contributed by atoms with van der Waals surface area (Å²) in [5, 5.41) is 6.53. The molecule has 2 N–H and O–H groups in total. The first-order chi connectivity index (χ1) is 13.4. The van der Waals surface area contributed by atoms with Gasteiger partial charge in [-0.05, 0) is 55.9 Å². The average Bonchev–Trinajstić information content (AvgIpc) is 3.09. The highest BCUT2D eigenvalue weighted by Crippen LogP contribution is 2.39. The molecule has 150 valence electrons. The predicted molar refractivity (Wildman–Crippen MR) is 118 cm³/mol. The number of thiophene rings is 1. The van der Waals surface area contributed by atoms with E-state index in [2.05, 4.69) is 17.2 Å². The number of nitrogens with one attached hydrogen (secondary N) is 2. The minimum absolute atomic E-state index is 0.292. The van der Waals surface area contributed by atoms with Crippen LogP contribution in [0.4, 0.5) is 5.69 Å². The summed E-state index contributed by atoms with van der Waals surface area (Å²) in [5.41, 5.74) is 2.43. The number of thiocarbonyl (C=S) groups is 1. The summed E-state index contributed by atoms with van der Waals surface area (Å²) >= 11 is 6.64. The third kappa shape index (κ3) is 5.46. The maximum Gasteiger partial charge on any atom is 0.350 e. The molecule has 0 amide bonds. The molecule has 0 bridgehead atoms. The van der Waals surface area contributed by atoms with Gasteiger partial charge in [-0.15, -0.1) is 11.3 Å². The monoisotopic (exact) mass is 420 g/mol. The van der Waals surface area contributed by atoms with Crippen LogP contribution >= 0.6 is 23.6 Å². The van der Waals surface area contributed by atoms with E-state index in [-0.39, 0.29) is 0 Å². The number of esters is 1. The van der Waals surface area contributed by atoms with E-state index in [4.69, 9.17) is 26.4 Å². The number of methoxy groups -OCH3 is 2. The molecule has 1 heterocycles. The predicted octanol–water partition coefficient (Wildman–Crippen LogP) is 4.47. The highest BCUT2D eigenvalue weighted by atomic mass is 32.1. The Kier molecular flexibility index (Phi) is 7.83. The van der Waals surface area contributed by atoms with Gasteiger partial charge in [-0.3, -0.25) is 0 Å². The Morgan fingerprint density at radius 3 is 2.54 bits per heavy atom. The lowest BCUT2D eigenvalue weighted by Gasteiger charge is -2.10. The number of carbonyl (C=O) groups excluding carboxylic acids is 1. The molecule has 6 nitrogen and oxygen atoms in total. The van der Waals surface area contributed by atoms with Gasteiger partial charge in [0.15, 0.2) is 16.6 Å². The van der Waals surface area contributed by atoms with Gasteiger partial charge in [-0.25, -0.2) is 4.79 Å². The normalized spacial score (nSPS) is 10.1. The molecule has 0 unspecified atom stereocenters.